The summed E-state index contributed by atoms with van der Waals surface area (Å²) >= 11 is 0. The van der Waals surface area contributed by atoms with Crippen LogP contribution in [0.5, 0.6) is 0 Å². The molecule has 0 aromatic rings. The summed E-state index contributed by atoms with van der Waals surface area (Å²) in [5.74, 6) is -0.810. The summed E-state index contributed by atoms with van der Waals surface area (Å²) in [6, 6.07) is 0. The fraction of sp³-hybridized carbons (Fsp3) is 0.864. The third-order valence-corrected chi connectivity index (χ3v) is 10.4. The van der Waals surface area contributed by atoms with E-state index >= 15 is 0 Å². The first-order valence-electron chi connectivity index (χ1n) is 22.1. The Kier molecular flexibility index (Phi) is 36.1. The molecule has 0 bridgehead atoms. The average molecular weight is 787 g/mol. The fourth-order valence-corrected chi connectivity index (χ4v) is 6.69. The Morgan fingerprint density at radius 1 is 0.556 bits per heavy atom. The van der Waals surface area contributed by atoms with Crippen molar-refractivity contribution in [3.8, 4) is 0 Å². The number of carbonyl (C=O) groups is 2. The fourth-order valence-electron chi connectivity index (χ4n) is 5.94. The maximum absolute atomic E-state index is 12.7. The second kappa shape index (κ2) is 37.1. The van der Waals surface area contributed by atoms with Crippen LogP contribution < -0.4 is 0 Å². The topological polar surface area (TPSA) is 108 Å². The van der Waals surface area contributed by atoms with E-state index in [4.69, 9.17) is 18.5 Å². The van der Waals surface area contributed by atoms with E-state index in [2.05, 4.69) is 38.2 Å². The number of phosphoric acid groups is 1. The molecule has 10 heteroatoms. The molecule has 1 N–H and O–H groups in total. The Morgan fingerprint density at radius 3 is 1.39 bits per heavy atom. The van der Waals surface area contributed by atoms with Crippen LogP contribution in [0.1, 0.15) is 194 Å². The lowest BCUT2D eigenvalue weighted by Gasteiger charge is -2.24. The van der Waals surface area contributed by atoms with Gasteiger partial charge in [0.2, 0.25) is 0 Å². The minimum atomic E-state index is -4.37. The largest absolute Gasteiger partial charge is 0.472 e. The van der Waals surface area contributed by atoms with Crippen LogP contribution in [0, 0.1) is 0 Å². The van der Waals surface area contributed by atoms with Crippen LogP contribution in [0.3, 0.4) is 0 Å². The van der Waals surface area contributed by atoms with Gasteiger partial charge in [-0.3, -0.25) is 18.6 Å². The van der Waals surface area contributed by atoms with Crippen molar-refractivity contribution in [2.75, 3.05) is 47.5 Å². The molecule has 0 amide bonds. The van der Waals surface area contributed by atoms with Crippen LogP contribution in [0.25, 0.3) is 0 Å². The minimum absolute atomic E-state index is 0.0307. The van der Waals surface area contributed by atoms with Crippen LogP contribution in [-0.4, -0.2) is 74.9 Å². The molecule has 0 saturated carbocycles. The molecule has 318 valence electrons. The van der Waals surface area contributed by atoms with E-state index < -0.39 is 26.5 Å². The van der Waals surface area contributed by atoms with E-state index in [0.29, 0.717) is 17.4 Å². The predicted octanol–water partition coefficient (Wildman–Crippen LogP) is 12.4. The molecule has 0 aromatic heterocycles. The number of likely N-dealkylation sites (N-methyl/N-ethyl adjacent to an activating group) is 1. The molecular formula is C44H85NO8P+. The van der Waals surface area contributed by atoms with Crippen molar-refractivity contribution in [2.45, 2.75) is 200 Å². The molecule has 9 nitrogen and oxygen atoms in total. The summed E-state index contributed by atoms with van der Waals surface area (Å²) in [4.78, 5) is 35.3. The van der Waals surface area contributed by atoms with E-state index in [9.17, 15) is 19.0 Å². The number of allylic oxidation sites excluding steroid dienone is 4. The monoisotopic (exact) mass is 787 g/mol. The standard InChI is InChI=1S/C44H84NO8P/c1-6-8-10-12-14-16-18-20-21-22-23-25-27-29-31-33-35-37-44(47)53-42(41-52-54(48,49)51-39-38-45(3,4)5)40-50-43(46)36-34-32-30-28-26-24-19-17-15-13-11-9-7-2/h17,19-21,42H,6-16,18,22-41H2,1-5H3/p+1/b19-17-,21-20-/t42-/m1/s1. The van der Waals surface area contributed by atoms with Gasteiger partial charge in [0.25, 0.3) is 0 Å². The number of unbranched alkanes of at least 4 members (excludes halogenated alkanes) is 22. The highest BCUT2D eigenvalue weighted by Crippen LogP contribution is 2.43. The van der Waals surface area contributed by atoms with Crippen molar-refractivity contribution in [3.05, 3.63) is 24.3 Å². The molecule has 0 rings (SSSR count). The van der Waals surface area contributed by atoms with Gasteiger partial charge in [-0.15, -0.1) is 0 Å². The number of phosphoric ester groups is 1. The van der Waals surface area contributed by atoms with Crippen molar-refractivity contribution >= 4 is 19.8 Å². The molecule has 0 aliphatic rings. The van der Waals surface area contributed by atoms with Gasteiger partial charge in [-0.2, -0.15) is 0 Å². The second-order valence-electron chi connectivity index (χ2n) is 16.1. The first-order valence-corrected chi connectivity index (χ1v) is 23.6. The van der Waals surface area contributed by atoms with Crippen molar-refractivity contribution in [3.63, 3.8) is 0 Å². The smallest absolute Gasteiger partial charge is 0.462 e. The number of hydrogen-bond donors (Lipinski definition) is 1. The average Bonchev–Trinajstić information content (AvgIpc) is 3.12. The number of quaternary nitrogens is 1. The van der Waals surface area contributed by atoms with Gasteiger partial charge in [-0.25, -0.2) is 4.57 Å². The molecule has 0 fully saturated rings. The van der Waals surface area contributed by atoms with Gasteiger partial charge in [0.05, 0.1) is 27.7 Å². The third kappa shape index (κ3) is 40.2. The maximum atomic E-state index is 12.7. The van der Waals surface area contributed by atoms with Crippen LogP contribution in [0.15, 0.2) is 24.3 Å². The maximum Gasteiger partial charge on any atom is 0.472 e. The molecule has 0 spiro atoms. The molecule has 0 aromatic carbocycles. The highest BCUT2D eigenvalue weighted by Gasteiger charge is 2.27. The SMILES string of the molecule is CCCCCC/C=C\CCCCCCCC(=O)OC[C@H](COP(=O)(O)OCC[N+](C)(C)C)OC(=O)CCCCCCCCC/C=C\CCCCCCCC. The molecule has 54 heavy (non-hydrogen) atoms. The van der Waals surface area contributed by atoms with Gasteiger partial charge >= 0.3 is 19.8 Å². The lowest BCUT2D eigenvalue weighted by Crippen LogP contribution is -2.37. The number of nitrogens with zero attached hydrogens (tertiary/aromatic N) is 1. The molecule has 0 heterocycles. The van der Waals surface area contributed by atoms with Gasteiger partial charge in [0.1, 0.15) is 19.8 Å². The van der Waals surface area contributed by atoms with Gasteiger partial charge in [0, 0.05) is 12.8 Å². The Morgan fingerprint density at radius 2 is 0.944 bits per heavy atom. The Bertz CT molecular complexity index is 980. The van der Waals surface area contributed by atoms with Crippen LogP contribution in [0.4, 0.5) is 0 Å². The summed E-state index contributed by atoms with van der Waals surface area (Å²) < 4.78 is 34.3. The Hall–Kier alpha value is -1.51. The van der Waals surface area contributed by atoms with E-state index in [0.717, 1.165) is 64.2 Å². The molecule has 1 unspecified atom stereocenters. The van der Waals surface area contributed by atoms with E-state index in [-0.39, 0.29) is 32.0 Å². The zero-order chi connectivity index (χ0) is 40.0. The first-order chi connectivity index (χ1) is 26.0. The lowest BCUT2D eigenvalue weighted by molar-refractivity contribution is -0.870. The minimum Gasteiger partial charge on any atom is -0.462 e. The summed E-state index contributed by atoms with van der Waals surface area (Å²) in [5, 5.41) is 0. The highest BCUT2D eigenvalue weighted by atomic mass is 31.2. The Balaban J connectivity index is 4.36. The molecule has 2 atom stereocenters. The van der Waals surface area contributed by atoms with Gasteiger partial charge < -0.3 is 18.9 Å². The molecule has 0 radical (unpaired) electrons. The van der Waals surface area contributed by atoms with Crippen LogP contribution in [0.2, 0.25) is 0 Å². The van der Waals surface area contributed by atoms with Crippen LogP contribution in [-0.2, 0) is 32.7 Å². The summed E-state index contributed by atoms with van der Waals surface area (Å²) in [5.41, 5.74) is 0. The lowest BCUT2D eigenvalue weighted by atomic mass is 10.1. The van der Waals surface area contributed by atoms with Crippen molar-refractivity contribution in [1.82, 2.24) is 0 Å². The van der Waals surface area contributed by atoms with E-state index in [1.807, 2.05) is 21.1 Å². The third-order valence-electron chi connectivity index (χ3n) is 9.45. The normalized spacial score (nSPS) is 13.8. The number of rotatable bonds is 40. The zero-order valence-electron chi connectivity index (χ0n) is 35.7. The number of ether oxygens (including phenoxy) is 2. The van der Waals surface area contributed by atoms with Crippen molar-refractivity contribution in [1.29, 1.82) is 0 Å². The quantitative estimate of drug-likeness (QED) is 0.0215. The number of carbonyl (C=O) groups excluding carboxylic acids is 2. The molecular weight excluding hydrogens is 701 g/mol. The van der Waals surface area contributed by atoms with Crippen molar-refractivity contribution in [2.24, 2.45) is 0 Å². The van der Waals surface area contributed by atoms with E-state index in [1.165, 1.54) is 96.3 Å². The first kappa shape index (κ1) is 52.5. The number of esters is 2. The second-order valence-corrected chi connectivity index (χ2v) is 17.5. The zero-order valence-corrected chi connectivity index (χ0v) is 36.6. The molecule has 0 aliphatic carbocycles. The molecule has 0 aliphatic heterocycles. The highest BCUT2D eigenvalue weighted by molar-refractivity contribution is 7.47. The number of hydrogen-bond acceptors (Lipinski definition) is 7. The van der Waals surface area contributed by atoms with Gasteiger partial charge in [-0.05, 0) is 64.2 Å². The van der Waals surface area contributed by atoms with Crippen molar-refractivity contribution < 1.29 is 42.1 Å². The Labute approximate surface area is 332 Å². The van der Waals surface area contributed by atoms with Gasteiger partial charge in [0.15, 0.2) is 6.10 Å². The summed E-state index contributed by atoms with van der Waals surface area (Å²) in [6.45, 7) is 4.39. The summed E-state index contributed by atoms with van der Waals surface area (Å²) in [7, 11) is 1.47. The van der Waals surface area contributed by atoms with Gasteiger partial charge in [-0.1, -0.05) is 141 Å². The van der Waals surface area contributed by atoms with E-state index in [1.54, 1.807) is 0 Å². The summed E-state index contributed by atoms with van der Waals surface area (Å²) in [6.07, 6.45) is 39.3. The van der Waals surface area contributed by atoms with Crippen LogP contribution >= 0.6 is 7.82 Å². The predicted molar refractivity (Wildman–Crippen MR) is 224 cm³/mol. The molecule has 0 saturated heterocycles.